The Labute approximate surface area is 97.7 Å². The van der Waals surface area contributed by atoms with Gasteiger partial charge in [0.2, 0.25) is 5.95 Å². The number of rotatable bonds is 3. The van der Waals surface area contributed by atoms with E-state index in [4.69, 9.17) is 11.5 Å². The van der Waals surface area contributed by atoms with Crippen molar-refractivity contribution < 1.29 is 0 Å². The van der Waals surface area contributed by atoms with Crippen LogP contribution < -0.4 is 22.3 Å². The third-order valence-corrected chi connectivity index (χ3v) is 2.28. The predicted octanol–water partition coefficient (Wildman–Crippen LogP) is 0.546. The first-order chi connectivity index (χ1) is 8.16. The van der Waals surface area contributed by atoms with Crippen LogP contribution in [0.2, 0.25) is 0 Å². The van der Waals surface area contributed by atoms with E-state index in [0.717, 1.165) is 5.56 Å². The Morgan fingerprint density at radius 1 is 1.24 bits per heavy atom. The van der Waals surface area contributed by atoms with Crippen molar-refractivity contribution in [1.29, 1.82) is 0 Å². The molecule has 0 atom stereocenters. The predicted molar refractivity (Wildman–Crippen MR) is 67.5 cm³/mol. The lowest BCUT2D eigenvalue weighted by Crippen LogP contribution is -2.18. The molecule has 6 nitrogen and oxygen atoms in total. The zero-order chi connectivity index (χ0) is 12.3. The lowest BCUT2D eigenvalue weighted by molar-refractivity contribution is 1.08. The number of nitrogens with two attached hydrogens (primary N) is 2. The largest absolute Gasteiger partial charge is 0.391 e. The summed E-state index contributed by atoms with van der Waals surface area (Å²) in [6.45, 7) is 0.529. The minimum absolute atomic E-state index is 0.0372. The molecule has 0 spiro atoms. The van der Waals surface area contributed by atoms with Gasteiger partial charge < -0.3 is 16.8 Å². The highest BCUT2D eigenvalue weighted by atomic mass is 16.1. The number of hydrogen-bond donors (Lipinski definition) is 4. The molecular formula is C11H13N5O. The Morgan fingerprint density at radius 3 is 2.65 bits per heavy atom. The minimum Gasteiger partial charge on any atom is -0.391 e. The molecule has 1 heterocycles. The summed E-state index contributed by atoms with van der Waals surface area (Å²) in [5.41, 5.74) is 11.7. The van der Waals surface area contributed by atoms with Gasteiger partial charge in [0.1, 0.15) is 5.69 Å². The SMILES string of the molecule is Nc1nc(NCc2ccccc2)c(N)c(=O)[nH]1. The van der Waals surface area contributed by atoms with Crippen molar-refractivity contribution in [3.8, 4) is 0 Å². The highest BCUT2D eigenvalue weighted by Crippen LogP contribution is 2.11. The summed E-state index contributed by atoms with van der Waals surface area (Å²) in [7, 11) is 0. The number of hydrogen-bond acceptors (Lipinski definition) is 5. The molecule has 0 unspecified atom stereocenters. The number of nitrogens with one attached hydrogen (secondary N) is 2. The fourth-order valence-electron chi connectivity index (χ4n) is 1.42. The number of aromatic nitrogens is 2. The van der Waals surface area contributed by atoms with E-state index < -0.39 is 5.56 Å². The Kier molecular flexibility index (Phi) is 2.95. The fraction of sp³-hybridized carbons (Fsp3) is 0.0909. The molecule has 1 aromatic heterocycles. The fourth-order valence-corrected chi connectivity index (χ4v) is 1.42. The van der Waals surface area contributed by atoms with Gasteiger partial charge in [-0.25, -0.2) is 0 Å². The lowest BCUT2D eigenvalue weighted by Gasteiger charge is -2.08. The van der Waals surface area contributed by atoms with Gasteiger partial charge in [0, 0.05) is 6.54 Å². The first kappa shape index (κ1) is 11.0. The molecule has 17 heavy (non-hydrogen) atoms. The number of anilines is 3. The molecule has 0 saturated carbocycles. The van der Waals surface area contributed by atoms with Gasteiger partial charge in [-0.05, 0) is 5.56 Å². The quantitative estimate of drug-likeness (QED) is 0.616. The smallest absolute Gasteiger partial charge is 0.277 e. The molecule has 0 aliphatic carbocycles. The van der Waals surface area contributed by atoms with Crippen molar-refractivity contribution in [3.63, 3.8) is 0 Å². The number of benzene rings is 1. The molecule has 0 saturated heterocycles. The van der Waals surface area contributed by atoms with Gasteiger partial charge in [0.05, 0.1) is 0 Å². The molecule has 0 aliphatic heterocycles. The van der Waals surface area contributed by atoms with Crippen molar-refractivity contribution in [3.05, 3.63) is 46.2 Å². The third kappa shape index (κ3) is 2.54. The van der Waals surface area contributed by atoms with Crippen molar-refractivity contribution >= 4 is 17.5 Å². The second-order valence-corrected chi connectivity index (χ2v) is 3.55. The number of H-pyrrole nitrogens is 1. The average molecular weight is 231 g/mol. The van der Waals surface area contributed by atoms with Gasteiger partial charge in [-0.1, -0.05) is 30.3 Å². The maximum atomic E-state index is 11.3. The summed E-state index contributed by atoms with van der Waals surface area (Å²) in [6, 6.07) is 9.71. The molecule has 88 valence electrons. The van der Waals surface area contributed by atoms with E-state index in [-0.39, 0.29) is 11.6 Å². The van der Waals surface area contributed by atoms with E-state index in [1.54, 1.807) is 0 Å². The summed E-state index contributed by atoms with van der Waals surface area (Å²) < 4.78 is 0. The maximum absolute atomic E-state index is 11.3. The van der Waals surface area contributed by atoms with Crippen LogP contribution in [0.5, 0.6) is 0 Å². The van der Waals surface area contributed by atoms with Crippen molar-refractivity contribution in [2.45, 2.75) is 6.54 Å². The monoisotopic (exact) mass is 231 g/mol. The van der Waals surface area contributed by atoms with Crippen LogP contribution in [-0.4, -0.2) is 9.97 Å². The van der Waals surface area contributed by atoms with Gasteiger partial charge in [-0.3, -0.25) is 9.78 Å². The molecule has 0 amide bonds. The molecule has 0 bridgehead atoms. The molecule has 1 aromatic carbocycles. The zero-order valence-corrected chi connectivity index (χ0v) is 9.10. The lowest BCUT2D eigenvalue weighted by atomic mass is 10.2. The van der Waals surface area contributed by atoms with Gasteiger partial charge in [0.15, 0.2) is 5.82 Å². The van der Waals surface area contributed by atoms with E-state index in [0.29, 0.717) is 12.4 Å². The Bertz CT molecular complexity index is 564. The van der Waals surface area contributed by atoms with Gasteiger partial charge in [-0.15, -0.1) is 0 Å². The van der Waals surface area contributed by atoms with Gasteiger partial charge >= 0.3 is 0 Å². The summed E-state index contributed by atoms with van der Waals surface area (Å²) in [4.78, 5) is 17.6. The Balaban J connectivity index is 2.17. The van der Waals surface area contributed by atoms with Crippen LogP contribution in [0, 0.1) is 0 Å². The minimum atomic E-state index is -0.437. The Hall–Kier alpha value is -2.50. The number of nitrogen functional groups attached to an aromatic ring is 2. The average Bonchev–Trinajstić information content (AvgIpc) is 2.33. The molecule has 0 fully saturated rings. The van der Waals surface area contributed by atoms with Gasteiger partial charge in [-0.2, -0.15) is 4.98 Å². The first-order valence-electron chi connectivity index (χ1n) is 5.10. The maximum Gasteiger partial charge on any atom is 0.277 e. The molecule has 0 aliphatic rings. The highest BCUT2D eigenvalue weighted by molar-refractivity contribution is 5.61. The van der Waals surface area contributed by atoms with Crippen molar-refractivity contribution in [2.24, 2.45) is 0 Å². The molecule has 2 aromatic rings. The third-order valence-electron chi connectivity index (χ3n) is 2.28. The van der Waals surface area contributed by atoms with E-state index in [1.165, 1.54) is 0 Å². The summed E-state index contributed by atoms with van der Waals surface area (Å²) in [5.74, 6) is 0.342. The number of aromatic amines is 1. The highest BCUT2D eigenvalue weighted by Gasteiger charge is 2.06. The van der Waals surface area contributed by atoms with Gasteiger partial charge in [0.25, 0.3) is 5.56 Å². The van der Waals surface area contributed by atoms with Crippen LogP contribution in [0.15, 0.2) is 35.1 Å². The van der Waals surface area contributed by atoms with Crippen molar-refractivity contribution in [2.75, 3.05) is 16.8 Å². The van der Waals surface area contributed by atoms with Crippen LogP contribution >= 0.6 is 0 Å². The van der Waals surface area contributed by atoms with E-state index in [2.05, 4.69) is 15.3 Å². The number of nitrogens with zero attached hydrogens (tertiary/aromatic N) is 1. The molecule has 6 N–H and O–H groups in total. The van der Waals surface area contributed by atoms with E-state index in [9.17, 15) is 4.79 Å². The Morgan fingerprint density at radius 2 is 1.94 bits per heavy atom. The zero-order valence-electron chi connectivity index (χ0n) is 9.10. The molecular weight excluding hydrogens is 218 g/mol. The molecule has 2 rings (SSSR count). The topological polar surface area (TPSA) is 110 Å². The van der Waals surface area contributed by atoms with Crippen LogP contribution in [0.4, 0.5) is 17.5 Å². The molecule has 0 radical (unpaired) electrons. The summed E-state index contributed by atoms with van der Waals surface area (Å²) >= 11 is 0. The normalized spacial score (nSPS) is 10.1. The molecule has 6 heteroatoms. The van der Waals surface area contributed by atoms with Crippen LogP contribution in [0.3, 0.4) is 0 Å². The summed E-state index contributed by atoms with van der Waals surface area (Å²) in [5, 5.41) is 2.97. The summed E-state index contributed by atoms with van der Waals surface area (Å²) in [6.07, 6.45) is 0. The van der Waals surface area contributed by atoms with E-state index in [1.807, 2.05) is 30.3 Å². The second kappa shape index (κ2) is 4.56. The standard InChI is InChI=1S/C11H13N5O/c12-8-9(15-11(13)16-10(8)17)14-6-7-4-2-1-3-5-7/h1-5H,6,12H2,(H4,13,14,15,16,17). The first-order valence-corrected chi connectivity index (χ1v) is 5.10. The second-order valence-electron chi connectivity index (χ2n) is 3.55. The van der Waals surface area contributed by atoms with Crippen LogP contribution in [-0.2, 0) is 6.54 Å². The van der Waals surface area contributed by atoms with Crippen molar-refractivity contribution in [1.82, 2.24) is 9.97 Å². The van der Waals surface area contributed by atoms with E-state index >= 15 is 0 Å². The van der Waals surface area contributed by atoms with Crippen LogP contribution in [0.1, 0.15) is 5.56 Å². The van der Waals surface area contributed by atoms with Crippen LogP contribution in [0.25, 0.3) is 0 Å².